The topological polar surface area (TPSA) is 8.17 Å². The highest BCUT2D eigenvalue weighted by Crippen LogP contribution is 2.41. The van der Waals surface area contributed by atoms with Crippen molar-refractivity contribution in [1.82, 2.24) is 4.57 Å². The van der Waals surface area contributed by atoms with Gasteiger partial charge in [0.25, 0.3) is 0 Å². The van der Waals surface area contributed by atoms with Crippen LogP contribution in [0.25, 0.3) is 94.3 Å². The number of rotatable bonds is 10. The summed E-state index contributed by atoms with van der Waals surface area (Å²) in [6, 6.07) is 101. The molecule has 320 valence electrons. The molecule has 0 spiro atoms. The fourth-order valence-electron chi connectivity index (χ4n) is 9.72. The molecule has 0 saturated carbocycles. The Bertz CT molecular complexity index is 3560. The van der Waals surface area contributed by atoms with E-state index in [0.29, 0.717) is 0 Å². The predicted octanol–water partition coefficient (Wildman–Crippen LogP) is 18.3. The molecule has 0 amide bonds. The summed E-state index contributed by atoms with van der Waals surface area (Å²) in [7, 11) is 0. The molecule has 12 aromatic rings. The van der Waals surface area contributed by atoms with Crippen LogP contribution in [-0.2, 0) is 0 Å². The Balaban J connectivity index is 0.902. The molecule has 0 radical (unpaired) electrons. The standard InChI is InChI=1S/C66H46N2/c1-5-14-47(15-6-1)51-24-26-52(27-25-51)54-30-38-60(39-31-54)67(59-36-28-53(29-37-59)48-16-7-2-8-17-48)62-23-13-22-56(44-62)55-32-40-61(41-33-55)68-65-42-34-57(49-18-9-3-10-19-49)45-63(65)64-46-58(35-43-66(64)68)50-20-11-4-12-21-50/h1-46H. The normalized spacial score (nSPS) is 11.2. The second kappa shape index (κ2) is 17.8. The first kappa shape index (κ1) is 40.5. The highest BCUT2D eigenvalue weighted by atomic mass is 15.1. The number of fused-ring (bicyclic) bond motifs is 3. The summed E-state index contributed by atoms with van der Waals surface area (Å²) in [4.78, 5) is 2.36. The van der Waals surface area contributed by atoms with Crippen molar-refractivity contribution >= 4 is 38.9 Å². The van der Waals surface area contributed by atoms with Gasteiger partial charge in [0.05, 0.1) is 11.0 Å². The fraction of sp³-hybridized carbons (Fsp3) is 0. The minimum absolute atomic E-state index is 1.09. The van der Waals surface area contributed by atoms with E-state index >= 15 is 0 Å². The van der Waals surface area contributed by atoms with Crippen molar-refractivity contribution in [3.8, 4) is 72.4 Å². The first-order valence-electron chi connectivity index (χ1n) is 23.3. The zero-order valence-corrected chi connectivity index (χ0v) is 37.5. The lowest BCUT2D eigenvalue weighted by molar-refractivity contribution is 1.18. The highest BCUT2D eigenvalue weighted by molar-refractivity contribution is 6.11. The van der Waals surface area contributed by atoms with E-state index in [1.807, 2.05) is 0 Å². The van der Waals surface area contributed by atoms with Crippen molar-refractivity contribution in [1.29, 1.82) is 0 Å². The first-order chi connectivity index (χ1) is 33.7. The summed E-state index contributed by atoms with van der Waals surface area (Å²) in [5.74, 6) is 0. The lowest BCUT2D eigenvalue weighted by Crippen LogP contribution is -2.10. The van der Waals surface area contributed by atoms with Gasteiger partial charge in [-0.05, 0) is 140 Å². The molecule has 0 unspecified atom stereocenters. The molecular formula is C66H46N2. The monoisotopic (exact) mass is 866 g/mol. The molecule has 0 aliphatic heterocycles. The Kier molecular flexibility index (Phi) is 10.6. The van der Waals surface area contributed by atoms with Crippen LogP contribution in [0.2, 0.25) is 0 Å². The maximum Gasteiger partial charge on any atom is 0.0541 e. The van der Waals surface area contributed by atoms with E-state index < -0.39 is 0 Å². The number of hydrogen-bond acceptors (Lipinski definition) is 1. The maximum atomic E-state index is 2.41. The molecule has 12 rings (SSSR count). The molecule has 68 heavy (non-hydrogen) atoms. The van der Waals surface area contributed by atoms with Gasteiger partial charge in [0.15, 0.2) is 0 Å². The van der Waals surface area contributed by atoms with Crippen LogP contribution in [0, 0.1) is 0 Å². The molecule has 1 aromatic heterocycles. The molecule has 0 fully saturated rings. The molecule has 1 heterocycles. The second-order valence-corrected chi connectivity index (χ2v) is 17.4. The summed E-state index contributed by atoms with van der Waals surface area (Å²) in [5.41, 5.74) is 21.1. The fourth-order valence-corrected chi connectivity index (χ4v) is 9.72. The zero-order valence-electron chi connectivity index (χ0n) is 37.5. The van der Waals surface area contributed by atoms with Crippen LogP contribution in [0.3, 0.4) is 0 Å². The van der Waals surface area contributed by atoms with Crippen molar-refractivity contribution in [3.05, 3.63) is 279 Å². The van der Waals surface area contributed by atoms with Crippen LogP contribution >= 0.6 is 0 Å². The Morgan fingerprint density at radius 3 is 0.912 bits per heavy atom. The lowest BCUT2D eigenvalue weighted by atomic mass is 10.00. The summed E-state index contributed by atoms with van der Waals surface area (Å²) in [6.45, 7) is 0. The predicted molar refractivity (Wildman–Crippen MR) is 288 cm³/mol. The van der Waals surface area contributed by atoms with E-state index in [0.717, 1.165) is 33.9 Å². The van der Waals surface area contributed by atoms with Crippen LogP contribution in [0.1, 0.15) is 0 Å². The lowest BCUT2D eigenvalue weighted by Gasteiger charge is -2.26. The third-order valence-corrected chi connectivity index (χ3v) is 13.2. The molecule has 2 nitrogen and oxygen atoms in total. The van der Waals surface area contributed by atoms with Crippen molar-refractivity contribution in [2.75, 3.05) is 4.90 Å². The van der Waals surface area contributed by atoms with E-state index in [4.69, 9.17) is 0 Å². The third kappa shape index (κ3) is 7.85. The number of aromatic nitrogens is 1. The van der Waals surface area contributed by atoms with Gasteiger partial charge in [-0.1, -0.05) is 206 Å². The number of nitrogens with zero attached hydrogens (tertiary/aromatic N) is 2. The van der Waals surface area contributed by atoms with E-state index in [-0.39, 0.29) is 0 Å². The summed E-state index contributed by atoms with van der Waals surface area (Å²) in [5, 5.41) is 2.48. The van der Waals surface area contributed by atoms with E-state index in [2.05, 4.69) is 289 Å². The third-order valence-electron chi connectivity index (χ3n) is 13.2. The summed E-state index contributed by atoms with van der Waals surface area (Å²) >= 11 is 0. The van der Waals surface area contributed by atoms with Crippen LogP contribution in [0.5, 0.6) is 0 Å². The molecule has 11 aromatic carbocycles. The Morgan fingerprint density at radius 1 is 0.206 bits per heavy atom. The first-order valence-corrected chi connectivity index (χ1v) is 23.3. The minimum Gasteiger partial charge on any atom is -0.310 e. The summed E-state index contributed by atoms with van der Waals surface area (Å²) < 4.78 is 2.41. The van der Waals surface area contributed by atoms with Crippen LogP contribution in [-0.4, -0.2) is 4.57 Å². The molecule has 0 atom stereocenters. The zero-order chi connectivity index (χ0) is 45.2. The van der Waals surface area contributed by atoms with Crippen LogP contribution in [0.4, 0.5) is 17.1 Å². The molecule has 0 saturated heterocycles. The molecule has 0 aliphatic carbocycles. The van der Waals surface area contributed by atoms with Crippen molar-refractivity contribution in [2.45, 2.75) is 0 Å². The Labute approximate surface area is 397 Å². The number of hydrogen-bond donors (Lipinski definition) is 0. The maximum absolute atomic E-state index is 2.41. The minimum atomic E-state index is 1.09. The van der Waals surface area contributed by atoms with Gasteiger partial charge in [-0.25, -0.2) is 0 Å². The van der Waals surface area contributed by atoms with Gasteiger partial charge in [0, 0.05) is 33.5 Å². The van der Waals surface area contributed by atoms with Crippen molar-refractivity contribution in [2.24, 2.45) is 0 Å². The smallest absolute Gasteiger partial charge is 0.0541 e. The van der Waals surface area contributed by atoms with E-state index in [1.54, 1.807) is 0 Å². The van der Waals surface area contributed by atoms with Gasteiger partial charge in [0.1, 0.15) is 0 Å². The van der Waals surface area contributed by atoms with Gasteiger partial charge in [-0.3, -0.25) is 0 Å². The molecule has 2 heteroatoms. The second-order valence-electron chi connectivity index (χ2n) is 17.4. The Hall–Kier alpha value is -8.98. The summed E-state index contributed by atoms with van der Waals surface area (Å²) in [6.07, 6.45) is 0. The molecule has 0 bridgehead atoms. The quantitative estimate of drug-likeness (QED) is 0.133. The van der Waals surface area contributed by atoms with Crippen molar-refractivity contribution < 1.29 is 0 Å². The van der Waals surface area contributed by atoms with E-state index in [9.17, 15) is 0 Å². The number of benzene rings is 11. The molecular weight excluding hydrogens is 821 g/mol. The van der Waals surface area contributed by atoms with Crippen LogP contribution < -0.4 is 4.90 Å². The van der Waals surface area contributed by atoms with Gasteiger partial charge >= 0.3 is 0 Å². The largest absolute Gasteiger partial charge is 0.310 e. The van der Waals surface area contributed by atoms with Crippen LogP contribution in [0.15, 0.2) is 279 Å². The average molecular weight is 867 g/mol. The van der Waals surface area contributed by atoms with E-state index in [1.165, 1.54) is 77.4 Å². The van der Waals surface area contributed by atoms with Gasteiger partial charge in [-0.2, -0.15) is 0 Å². The average Bonchev–Trinajstić information content (AvgIpc) is 3.75. The highest BCUT2D eigenvalue weighted by Gasteiger charge is 2.17. The molecule has 0 N–H and O–H groups in total. The SMILES string of the molecule is c1ccc(-c2ccc(-c3ccc(N(c4ccc(-c5ccccc5)cc4)c4cccc(-c5ccc(-n6c7ccc(-c8ccccc8)cc7c7cc(-c8ccccc8)ccc76)cc5)c4)cc3)cc2)cc1. The van der Waals surface area contributed by atoms with Gasteiger partial charge in [0.2, 0.25) is 0 Å². The molecule has 0 aliphatic rings. The van der Waals surface area contributed by atoms with Crippen molar-refractivity contribution in [3.63, 3.8) is 0 Å². The van der Waals surface area contributed by atoms with Gasteiger partial charge < -0.3 is 9.47 Å². The van der Waals surface area contributed by atoms with Gasteiger partial charge in [-0.15, -0.1) is 0 Å². The Morgan fingerprint density at radius 2 is 0.500 bits per heavy atom. The number of anilines is 3.